The first-order valence-electron chi connectivity index (χ1n) is 9.39. The molecule has 1 heterocycles. The van der Waals surface area contributed by atoms with Gasteiger partial charge in [-0.2, -0.15) is 0 Å². The van der Waals surface area contributed by atoms with Gasteiger partial charge in [0.1, 0.15) is 28.2 Å². The van der Waals surface area contributed by atoms with Crippen molar-refractivity contribution in [1.82, 2.24) is 15.0 Å². The molecule has 0 aliphatic carbocycles. The van der Waals surface area contributed by atoms with Crippen LogP contribution in [0.1, 0.15) is 31.9 Å². The van der Waals surface area contributed by atoms with Crippen molar-refractivity contribution >= 4 is 22.8 Å². The van der Waals surface area contributed by atoms with Crippen LogP contribution in [0.4, 0.5) is 0 Å². The summed E-state index contributed by atoms with van der Waals surface area (Å²) in [6, 6.07) is 16.9. The van der Waals surface area contributed by atoms with Crippen molar-refractivity contribution in [3.8, 4) is 17.2 Å². The van der Waals surface area contributed by atoms with Gasteiger partial charge in [0.25, 0.3) is 0 Å². The number of aromatic hydroxyl groups is 2. The van der Waals surface area contributed by atoms with Crippen LogP contribution in [-0.4, -0.2) is 25.2 Å². The number of phenols is 2. The van der Waals surface area contributed by atoms with E-state index in [2.05, 4.69) is 31.0 Å². The molecule has 3 aromatic carbocycles. The Balaban J connectivity index is 1.73. The molecule has 4 aromatic rings. The van der Waals surface area contributed by atoms with E-state index in [4.69, 9.17) is 0 Å². The second-order valence-electron chi connectivity index (χ2n) is 8.17. The van der Waals surface area contributed by atoms with Crippen LogP contribution in [0.15, 0.2) is 64.4 Å². The van der Waals surface area contributed by atoms with E-state index in [9.17, 15) is 10.2 Å². The largest absolute Gasteiger partial charge is 0.508 e. The third kappa shape index (κ3) is 3.93. The van der Waals surface area contributed by atoms with Crippen LogP contribution >= 0.6 is 11.8 Å². The van der Waals surface area contributed by atoms with Gasteiger partial charge in [-0.15, -0.1) is 15.0 Å². The Morgan fingerprint density at radius 1 is 0.828 bits per heavy atom. The van der Waals surface area contributed by atoms with Gasteiger partial charge in [-0.05, 0) is 66.4 Å². The molecule has 4 rings (SSSR count). The number of rotatable bonds is 3. The van der Waals surface area contributed by atoms with Crippen LogP contribution in [0.3, 0.4) is 0 Å². The van der Waals surface area contributed by atoms with Crippen LogP contribution in [0.5, 0.6) is 11.5 Å². The SMILES string of the molecule is Cc1cc(-n2nc3ccc(Sc4ccc(O)cc4)cc3n2)c(O)c(C(C)(C)C)c1. The molecule has 29 heavy (non-hydrogen) atoms. The minimum Gasteiger partial charge on any atom is -0.508 e. The molecule has 1 aromatic heterocycles. The molecule has 0 saturated heterocycles. The maximum Gasteiger partial charge on any atom is 0.146 e. The fourth-order valence-electron chi connectivity index (χ4n) is 3.20. The second-order valence-corrected chi connectivity index (χ2v) is 9.31. The van der Waals surface area contributed by atoms with Crippen LogP contribution in [0.2, 0.25) is 0 Å². The summed E-state index contributed by atoms with van der Waals surface area (Å²) in [6.45, 7) is 8.23. The topological polar surface area (TPSA) is 71.2 Å². The summed E-state index contributed by atoms with van der Waals surface area (Å²) in [5.41, 5.74) is 3.83. The van der Waals surface area contributed by atoms with Gasteiger partial charge >= 0.3 is 0 Å². The first kappa shape index (κ1) is 19.3. The minimum atomic E-state index is -0.189. The number of hydrogen-bond donors (Lipinski definition) is 2. The highest BCUT2D eigenvalue weighted by Gasteiger charge is 2.22. The van der Waals surface area contributed by atoms with E-state index in [1.807, 2.05) is 49.4 Å². The van der Waals surface area contributed by atoms with E-state index in [0.717, 1.165) is 32.0 Å². The number of benzene rings is 3. The Labute approximate surface area is 174 Å². The van der Waals surface area contributed by atoms with E-state index in [1.54, 1.807) is 23.9 Å². The Morgan fingerprint density at radius 3 is 2.17 bits per heavy atom. The molecule has 0 spiro atoms. The van der Waals surface area contributed by atoms with Crippen LogP contribution in [0.25, 0.3) is 16.7 Å². The first-order chi connectivity index (χ1) is 13.7. The summed E-state index contributed by atoms with van der Waals surface area (Å²) >= 11 is 1.59. The lowest BCUT2D eigenvalue weighted by Gasteiger charge is -2.22. The van der Waals surface area contributed by atoms with Gasteiger partial charge in [0, 0.05) is 15.4 Å². The molecule has 6 heteroatoms. The molecule has 0 radical (unpaired) electrons. The lowest BCUT2D eigenvalue weighted by molar-refractivity contribution is 0.440. The lowest BCUT2D eigenvalue weighted by atomic mass is 9.85. The van der Waals surface area contributed by atoms with Crippen molar-refractivity contribution in [2.24, 2.45) is 0 Å². The maximum atomic E-state index is 10.9. The summed E-state index contributed by atoms with van der Waals surface area (Å²) in [6.07, 6.45) is 0. The molecule has 0 amide bonds. The monoisotopic (exact) mass is 405 g/mol. The average Bonchev–Trinajstić information content (AvgIpc) is 3.07. The fourth-order valence-corrected chi connectivity index (χ4v) is 4.05. The van der Waals surface area contributed by atoms with E-state index in [-0.39, 0.29) is 16.9 Å². The van der Waals surface area contributed by atoms with Gasteiger partial charge in [0.15, 0.2) is 0 Å². The summed E-state index contributed by atoms with van der Waals surface area (Å²) in [5, 5.41) is 29.5. The molecule has 0 bridgehead atoms. The molecular formula is C23H23N3O2S. The smallest absolute Gasteiger partial charge is 0.146 e. The molecule has 0 aliphatic rings. The van der Waals surface area contributed by atoms with Crippen molar-refractivity contribution < 1.29 is 10.2 Å². The number of phenolic OH excluding ortho intramolecular Hbond substituents is 2. The summed E-state index contributed by atoms with van der Waals surface area (Å²) in [5.74, 6) is 0.461. The lowest BCUT2D eigenvalue weighted by Crippen LogP contribution is -2.13. The summed E-state index contributed by atoms with van der Waals surface area (Å²) in [7, 11) is 0. The fraction of sp³-hybridized carbons (Fsp3) is 0.217. The summed E-state index contributed by atoms with van der Waals surface area (Å²) in [4.78, 5) is 3.57. The predicted molar refractivity (Wildman–Crippen MR) is 116 cm³/mol. The van der Waals surface area contributed by atoms with Crippen molar-refractivity contribution in [3.63, 3.8) is 0 Å². The molecular weight excluding hydrogens is 382 g/mol. The number of nitrogens with zero attached hydrogens (tertiary/aromatic N) is 3. The third-order valence-corrected chi connectivity index (χ3v) is 5.68. The number of hydrogen-bond acceptors (Lipinski definition) is 5. The summed E-state index contributed by atoms with van der Waals surface area (Å²) < 4.78 is 0. The highest BCUT2D eigenvalue weighted by atomic mass is 32.2. The normalized spacial score (nSPS) is 11.9. The standard InChI is InChI=1S/C23H23N3O2S/c1-14-11-18(23(2,3)4)22(28)21(12-14)26-24-19-10-9-17(13-20(19)25-26)29-16-7-5-15(27)6-8-16/h5-13,27-28H,1-4H3. The Bertz CT molecular complexity index is 1190. The number of fused-ring (bicyclic) bond motifs is 1. The molecule has 0 unspecified atom stereocenters. The van der Waals surface area contributed by atoms with Crippen molar-refractivity contribution in [3.05, 3.63) is 65.7 Å². The Kier molecular flexibility index (Phi) is 4.74. The zero-order valence-corrected chi connectivity index (χ0v) is 17.7. The highest BCUT2D eigenvalue weighted by Crippen LogP contribution is 2.36. The zero-order valence-electron chi connectivity index (χ0n) is 16.8. The van der Waals surface area contributed by atoms with Gasteiger partial charge in [0.2, 0.25) is 0 Å². The van der Waals surface area contributed by atoms with Gasteiger partial charge in [0.05, 0.1) is 0 Å². The van der Waals surface area contributed by atoms with Crippen molar-refractivity contribution in [1.29, 1.82) is 0 Å². The molecule has 0 fully saturated rings. The van der Waals surface area contributed by atoms with Crippen molar-refractivity contribution in [2.75, 3.05) is 0 Å². The first-order valence-corrected chi connectivity index (χ1v) is 10.2. The van der Waals surface area contributed by atoms with Crippen LogP contribution in [-0.2, 0) is 5.41 Å². The quantitative estimate of drug-likeness (QED) is 0.465. The van der Waals surface area contributed by atoms with Gasteiger partial charge in [-0.1, -0.05) is 38.6 Å². The van der Waals surface area contributed by atoms with Crippen LogP contribution < -0.4 is 0 Å². The Morgan fingerprint density at radius 2 is 1.48 bits per heavy atom. The molecule has 148 valence electrons. The van der Waals surface area contributed by atoms with Gasteiger partial charge < -0.3 is 10.2 Å². The molecule has 0 saturated carbocycles. The van der Waals surface area contributed by atoms with E-state index < -0.39 is 0 Å². The molecule has 2 N–H and O–H groups in total. The number of aromatic nitrogens is 3. The van der Waals surface area contributed by atoms with E-state index >= 15 is 0 Å². The van der Waals surface area contributed by atoms with Crippen molar-refractivity contribution in [2.45, 2.75) is 42.9 Å². The highest BCUT2D eigenvalue weighted by molar-refractivity contribution is 7.99. The molecule has 0 atom stereocenters. The Hall–Kier alpha value is -2.99. The second kappa shape index (κ2) is 7.12. The minimum absolute atomic E-state index is 0.189. The van der Waals surface area contributed by atoms with Gasteiger partial charge in [-0.3, -0.25) is 0 Å². The molecule has 0 aliphatic heterocycles. The zero-order chi connectivity index (χ0) is 20.8. The molecule has 5 nitrogen and oxygen atoms in total. The average molecular weight is 406 g/mol. The van der Waals surface area contributed by atoms with E-state index in [1.165, 1.54) is 4.80 Å². The van der Waals surface area contributed by atoms with E-state index in [0.29, 0.717) is 5.69 Å². The van der Waals surface area contributed by atoms with Crippen LogP contribution in [0, 0.1) is 6.92 Å². The number of aryl methyl sites for hydroxylation is 1. The predicted octanol–water partition coefficient (Wildman–Crippen LogP) is 5.59. The third-order valence-electron chi connectivity index (χ3n) is 4.68. The van der Waals surface area contributed by atoms with Gasteiger partial charge in [-0.25, -0.2) is 0 Å². The maximum absolute atomic E-state index is 10.9.